The summed E-state index contributed by atoms with van der Waals surface area (Å²) in [6.45, 7) is 0.730. The molecule has 0 bridgehead atoms. The molecule has 5 heteroatoms. The lowest BCUT2D eigenvalue weighted by atomic mass is 9.88. The van der Waals surface area contributed by atoms with Gasteiger partial charge in [-0.05, 0) is 12.2 Å². The first-order chi connectivity index (χ1) is 5.79. The molecule has 0 aromatic carbocycles. The summed E-state index contributed by atoms with van der Waals surface area (Å²) < 4.78 is -0.134. The number of hydrogen-bond acceptors (Lipinski definition) is 5. The lowest BCUT2D eigenvalue weighted by molar-refractivity contribution is 0.0850. The van der Waals surface area contributed by atoms with Crippen molar-refractivity contribution in [3.63, 3.8) is 0 Å². The number of hydrogen-bond donors (Lipinski definition) is 1. The van der Waals surface area contributed by atoms with E-state index in [9.17, 15) is 0 Å². The van der Waals surface area contributed by atoms with Gasteiger partial charge in [-0.3, -0.25) is 4.99 Å². The minimum Gasteiger partial charge on any atom is -0.386 e. The SMILES string of the molecule is NC1=NCCC2(OO2)C12CCS2. The molecule has 1 unspecified atom stereocenters. The zero-order valence-electron chi connectivity index (χ0n) is 6.58. The van der Waals surface area contributed by atoms with Crippen LogP contribution >= 0.6 is 11.8 Å². The Morgan fingerprint density at radius 3 is 2.58 bits per heavy atom. The van der Waals surface area contributed by atoms with Gasteiger partial charge in [0.2, 0.25) is 0 Å². The van der Waals surface area contributed by atoms with Gasteiger partial charge in [-0.25, -0.2) is 0 Å². The largest absolute Gasteiger partial charge is 0.386 e. The maximum atomic E-state index is 5.86. The van der Waals surface area contributed by atoms with Gasteiger partial charge in [-0.15, -0.1) is 11.8 Å². The summed E-state index contributed by atoms with van der Waals surface area (Å²) in [4.78, 5) is 14.4. The molecule has 3 heterocycles. The molecule has 4 nitrogen and oxygen atoms in total. The van der Waals surface area contributed by atoms with Gasteiger partial charge >= 0.3 is 0 Å². The third-order valence-corrected chi connectivity index (χ3v) is 4.46. The molecule has 1 atom stereocenters. The molecule has 0 aliphatic carbocycles. The molecular weight excluding hydrogens is 176 g/mol. The quantitative estimate of drug-likeness (QED) is 0.436. The van der Waals surface area contributed by atoms with Crippen LogP contribution in [0.5, 0.6) is 0 Å². The number of fused-ring (bicyclic) bond motifs is 1. The van der Waals surface area contributed by atoms with Crippen LogP contribution in [0.2, 0.25) is 0 Å². The molecule has 66 valence electrons. The highest BCUT2D eigenvalue weighted by molar-refractivity contribution is 8.02. The van der Waals surface area contributed by atoms with Gasteiger partial charge in [0, 0.05) is 13.0 Å². The van der Waals surface area contributed by atoms with E-state index in [-0.39, 0.29) is 4.75 Å². The second kappa shape index (κ2) is 1.97. The zero-order chi connectivity index (χ0) is 8.23. The second-order valence-electron chi connectivity index (χ2n) is 3.36. The first kappa shape index (κ1) is 7.17. The number of nitrogens with two attached hydrogens (primary N) is 1. The van der Waals surface area contributed by atoms with E-state index in [0.29, 0.717) is 5.84 Å². The number of rotatable bonds is 0. The fourth-order valence-corrected chi connectivity index (χ4v) is 3.14. The highest BCUT2D eigenvalue weighted by atomic mass is 32.2. The summed E-state index contributed by atoms with van der Waals surface area (Å²) >= 11 is 1.80. The predicted octanol–water partition coefficient (Wildman–Crippen LogP) is 0.281. The van der Waals surface area contributed by atoms with Gasteiger partial charge < -0.3 is 5.73 Å². The Hall–Kier alpha value is -0.260. The Kier molecular flexibility index (Phi) is 1.18. The summed E-state index contributed by atoms with van der Waals surface area (Å²) in [5, 5.41) is 0. The summed E-state index contributed by atoms with van der Waals surface area (Å²) in [6.07, 6.45) is 1.88. The van der Waals surface area contributed by atoms with Crippen LogP contribution in [-0.4, -0.2) is 28.7 Å². The van der Waals surface area contributed by atoms with Crippen molar-refractivity contribution in [1.29, 1.82) is 0 Å². The van der Waals surface area contributed by atoms with Crippen molar-refractivity contribution in [2.75, 3.05) is 12.3 Å². The highest BCUT2D eigenvalue weighted by Crippen LogP contribution is 2.59. The average molecular weight is 186 g/mol. The van der Waals surface area contributed by atoms with Crippen molar-refractivity contribution < 1.29 is 9.78 Å². The topological polar surface area (TPSA) is 63.4 Å². The van der Waals surface area contributed by atoms with Gasteiger partial charge in [0.05, 0.1) is 0 Å². The van der Waals surface area contributed by atoms with Crippen molar-refractivity contribution in [2.24, 2.45) is 10.7 Å². The third-order valence-electron chi connectivity index (χ3n) is 2.84. The standard InChI is InChI=1S/C7H10N2O2S/c8-5-6(2-4-12-6)7(10-11-7)1-3-9-5/h1-4H2,(H2,8,9). The van der Waals surface area contributed by atoms with E-state index < -0.39 is 5.79 Å². The molecule has 3 aliphatic rings. The van der Waals surface area contributed by atoms with Gasteiger partial charge in [0.15, 0.2) is 0 Å². The van der Waals surface area contributed by atoms with Gasteiger partial charge in [-0.1, -0.05) is 0 Å². The van der Waals surface area contributed by atoms with Crippen LogP contribution in [-0.2, 0) is 9.78 Å². The summed E-state index contributed by atoms with van der Waals surface area (Å²) in [5.41, 5.74) is 5.86. The molecule has 3 rings (SSSR count). The first-order valence-corrected chi connectivity index (χ1v) is 5.09. The van der Waals surface area contributed by atoms with Gasteiger partial charge in [0.1, 0.15) is 10.6 Å². The molecule has 12 heavy (non-hydrogen) atoms. The van der Waals surface area contributed by atoms with E-state index in [1.165, 1.54) is 0 Å². The molecule has 2 saturated heterocycles. The zero-order valence-corrected chi connectivity index (χ0v) is 7.39. The predicted molar refractivity (Wildman–Crippen MR) is 45.8 cm³/mol. The van der Waals surface area contributed by atoms with E-state index in [4.69, 9.17) is 15.5 Å². The maximum absolute atomic E-state index is 5.86. The number of thioether (sulfide) groups is 1. The van der Waals surface area contributed by atoms with Gasteiger partial charge in [0.25, 0.3) is 5.79 Å². The second-order valence-corrected chi connectivity index (χ2v) is 4.76. The Morgan fingerprint density at radius 1 is 1.42 bits per heavy atom. The van der Waals surface area contributed by atoms with Crippen molar-refractivity contribution in [2.45, 2.75) is 23.4 Å². The Balaban J connectivity index is 2.02. The minimum atomic E-state index is -0.401. The lowest BCUT2D eigenvalue weighted by Crippen LogP contribution is -2.60. The van der Waals surface area contributed by atoms with Crippen LogP contribution in [0.1, 0.15) is 12.8 Å². The molecule has 3 aliphatic heterocycles. The summed E-state index contributed by atoms with van der Waals surface area (Å²) in [6, 6.07) is 0. The van der Waals surface area contributed by atoms with Crippen molar-refractivity contribution in [3.05, 3.63) is 0 Å². The van der Waals surface area contributed by atoms with Crippen molar-refractivity contribution in [3.8, 4) is 0 Å². The molecule has 0 aromatic heterocycles. The average Bonchev–Trinajstić information content (AvgIpc) is 2.66. The molecule has 2 N–H and O–H groups in total. The van der Waals surface area contributed by atoms with E-state index in [1.54, 1.807) is 11.8 Å². The fraction of sp³-hybridized carbons (Fsp3) is 0.857. The summed E-state index contributed by atoms with van der Waals surface area (Å²) in [5.74, 6) is 1.44. The normalized spacial score (nSPS) is 42.5. The summed E-state index contributed by atoms with van der Waals surface area (Å²) in [7, 11) is 0. The molecule has 0 saturated carbocycles. The maximum Gasteiger partial charge on any atom is 0.257 e. The molecular formula is C7H10N2O2S. The smallest absolute Gasteiger partial charge is 0.257 e. The highest BCUT2D eigenvalue weighted by Gasteiger charge is 2.71. The monoisotopic (exact) mass is 186 g/mol. The molecule has 2 fully saturated rings. The Labute approximate surface area is 74.4 Å². The fourth-order valence-electron chi connectivity index (χ4n) is 1.93. The first-order valence-electron chi connectivity index (χ1n) is 4.10. The Morgan fingerprint density at radius 2 is 2.17 bits per heavy atom. The molecule has 0 aromatic rings. The van der Waals surface area contributed by atoms with Crippen LogP contribution in [0.15, 0.2) is 4.99 Å². The number of aliphatic imine (C=N–C) groups is 1. The van der Waals surface area contributed by atoms with Gasteiger partial charge in [-0.2, -0.15) is 9.78 Å². The third kappa shape index (κ3) is 0.616. The molecule has 2 spiro atoms. The van der Waals surface area contributed by atoms with Crippen molar-refractivity contribution in [1.82, 2.24) is 0 Å². The van der Waals surface area contributed by atoms with Crippen LogP contribution in [0.3, 0.4) is 0 Å². The van der Waals surface area contributed by atoms with Crippen molar-refractivity contribution >= 4 is 17.6 Å². The van der Waals surface area contributed by atoms with E-state index >= 15 is 0 Å². The van der Waals surface area contributed by atoms with Crippen LogP contribution < -0.4 is 5.73 Å². The van der Waals surface area contributed by atoms with E-state index in [0.717, 1.165) is 25.1 Å². The minimum absolute atomic E-state index is 0.134. The lowest BCUT2D eigenvalue weighted by Gasteiger charge is -2.43. The number of amidine groups is 1. The van der Waals surface area contributed by atoms with E-state index in [1.807, 2.05) is 0 Å². The number of nitrogens with zero attached hydrogens (tertiary/aromatic N) is 1. The van der Waals surface area contributed by atoms with Crippen LogP contribution in [0.4, 0.5) is 0 Å². The van der Waals surface area contributed by atoms with E-state index in [2.05, 4.69) is 4.99 Å². The Bertz CT molecular complexity index is 258. The van der Waals surface area contributed by atoms with Crippen LogP contribution in [0, 0.1) is 0 Å². The molecule has 0 amide bonds. The van der Waals surface area contributed by atoms with Crippen LogP contribution in [0.25, 0.3) is 0 Å². The molecule has 0 radical (unpaired) electrons.